The van der Waals surface area contributed by atoms with E-state index >= 15 is 0 Å². The zero-order chi connectivity index (χ0) is 15.5. The molecular formula is C18H22N2O. The van der Waals surface area contributed by atoms with Crippen LogP contribution >= 0.6 is 0 Å². The largest absolute Gasteiger partial charge is 0.348 e. The number of carbonyl (C=O) groups is 1. The molecule has 0 bridgehead atoms. The Labute approximate surface area is 126 Å². The number of aryl methyl sites for hydroxylation is 1. The van der Waals surface area contributed by atoms with Gasteiger partial charge in [0.2, 0.25) is 5.91 Å². The van der Waals surface area contributed by atoms with Gasteiger partial charge < -0.3 is 11.1 Å². The summed E-state index contributed by atoms with van der Waals surface area (Å²) >= 11 is 0. The van der Waals surface area contributed by atoms with Crippen molar-refractivity contribution in [3.8, 4) is 0 Å². The molecule has 2 atom stereocenters. The highest BCUT2D eigenvalue weighted by atomic mass is 16.2. The molecule has 0 heterocycles. The van der Waals surface area contributed by atoms with Gasteiger partial charge >= 0.3 is 0 Å². The second kappa shape index (κ2) is 6.10. The first-order valence-electron chi connectivity index (χ1n) is 7.13. The molecule has 0 aliphatic heterocycles. The number of benzene rings is 2. The number of nitrogens with one attached hydrogen (secondary N) is 1. The van der Waals surface area contributed by atoms with E-state index in [2.05, 4.69) is 11.4 Å². The van der Waals surface area contributed by atoms with Gasteiger partial charge in [0.1, 0.15) is 5.54 Å². The lowest BCUT2D eigenvalue weighted by Gasteiger charge is -2.26. The third-order valence-corrected chi connectivity index (χ3v) is 3.73. The zero-order valence-electron chi connectivity index (χ0n) is 12.8. The van der Waals surface area contributed by atoms with Crippen LogP contribution in [0.1, 0.15) is 36.6 Å². The topological polar surface area (TPSA) is 55.1 Å². The van der Waals surface area contributed by atoms with E-state index in [1.165, 1.54) is 5.56 Å². The van der Waals surface area contributed by atoms with Crippen LogP contribution in [0.2, 0.25) is 0 Å². The van der Waals surface area contributed by atoms with Crippen LogP contribution in [0.15, 0.2) is 54.6 Å². The molecule has 0 saturated carbocycles. The van der Waals surface area contributed by atoms with E-state index in [0.717, 1.165) is 11.1 Å². The Kier molecular flexibility index (Phi) is 4.43. The first-order chi connectivity index (χ1) is 9.91. The number of amides is 1. The molecule has 110 valence electrons. The molecule has 0 aliphatic carbocycles. The van der Waals surface area contributed by atoms with Crippen molar-refractivity contribution in [1.82, 2.24) is 5.32 Å². The molecule has 0 spiro atoms. The lowest BCUT2D eigenvalue weighted by Crippen LogP contribution is -2.49. The van der Waals surface area contributed by atoms with Crippen LogP contribution in [0, 0.1) is 6.92 Å². The Morgan fingerprint density at radius 2 is 1.81 bits per heavy atom. The minimum Gasteiger partial charge on any atom is -0.348 e. The molecular weight excluding hydrogens is 260 g/mol. The molecule has 3 heteroatoms. The van der Waals surface area contributed by atoms with Crippen molar-refractivity contribution in [2.45, 2.75) is 32.4 Å². The Bertz CT molecular complexity index is 620. The first-order valence-corrected chi connectivity index (χ1v) is 7.13. The standard InChI is InChI=1S/C18H22N2O/c1-13-8-7-9-15(12-13)14(2)20-17(21)18(3,19)16-10-5-4-6-11-16/h4-12,14H,19H2,1-3H3,(H,20,21)/t14-,18?/m0/s1. The monoisotopic (exact) mass is 282 g/mol. The molecule has 0 aliphatic rings. The average Bonchev–Trinajstić information content (AvgIpc) is 2.48. The van der Waals surface area contributed by atoms with E-state index in [0.29, 0.717) is 0 Å². The molecule has 2 rings (SSSR count). The van der Waals surface area contributed by atoms with E-state index in [-0.39, 0.29) is 11.9 Å². The second-order valence-corrected chi connectivity index (χ2v) is 5.68. The van der Waals surface area contributed by atoms with Gasteiger partial charge in [0.15, 0.2) is 0 Å². The fourth-order valence-corrected chi connectivity index (χ4v) is 2.28. The molecule has 3 N–H and O–H groups in total. The van der Waals surface area contributed by atoms with Gasteiger partial charge in [-0.1, -0.05) is 60.2 Å². The molecule has 2 aromatic carbocycles. The highest BCUT2D eigenvalue weighted by Gasteiger charge is 2.31. The van der Waals surface area contributed by atoms with Gasteiger partial charge in [0.05, 0.1) is 6.04 Å². The molecule has 1 unspecified atom stereocenters. The summed E-state index contributed by atoms with van der Waals surface area (Å²) in [4.78, 5) is 12.5. The van der Waals surface area contributed by atoms with Crippen LogP contribution in [0.5, 0.6) is 0 Å². The van der Waals surface area contributed by atoms with E-state index in [9.17, 15) is 4.79 Å². The highest BCUT2D eigenvalue weighted by molar-refractivity contribution is 5.87. The number of hydrogen-bond donors (Lipinski definition) is 2. The highest BCUT2D eigenvalue weighted by Crippen LogP contribution is 2.20. The third-order valence-electron chi connectivity index (χ3n) is 3.73. The lowest BCUT2D eigenvalue weighted by atomic mass is 9.91. The number of nitrogens with two attached hydrogens (primary N) is 1. The van der Waals surface area contributed by atoms with Gasteiger partial charge in [0, 0.05) is 0 Å². The van der Waals surface area contributed by atoms with Gasteiger partial charge in [-0.05, 0) is 31.9 Å². The SMILES string of the molecule is Cc1cccc([C@H](C)NC(=O)C(C)(N)c2ccccc2)c1. The Morgan fingerprint density at radius 3 is 2.43 bits per heavy atom. The molecule has 2 aromatic rings. The predicted octanol–water partition coefficient (Wildman–Crippen LogP) is 3.05. The minimum atomic E-state index is -1.04. The van der Waals surface area contributed by atoms with Gasteiger partial charge in [-0.3, -0.25) is 4.79 Å². The Hall–Kier alpha value is -2.13. The van der Waals surface area contributed by atoms with Crippen molar-refractivity contribution in [1.29, 1.82) is 0 Å². The maximum atomic E-state index is 12.5. The van der Waals surface area contributed by atoms with Crippen molar-refractivity contribution in [2.24, 2.45) is 5.73 Å². The van der Waals surface area contributed by atoms with E-state index in [1.807, 2.05) is 62.4 Å². The summed E-state index contributed by atoms with van der Waals surface area (Å²) in [5.74, 6) is -0.178. The summed E-state index contributed by atoms with van der Waals surface area (Å²) < 4.78 is 0. The van der Waals surface area contributed by atoms with Crippen LogP contribution < -0.4 is 11.1 Å². The number of hydrogen-bond acceptors (Lipinski definition) is 2. The third kappa shape index (κ3) is 3.50. The average molecular weight is 282 g/mol. The van der Waals surface area contributed by atoms with Crippen molar-refractivity contribution in [3.63, 3.8) is 0 Å². The maximum Gasteiger partial charge on any atom is 0.244 e. The number of carbonyl (C=O) groups excluding carboxylic acids is 1. The van der Waals surface area contributed by atoms with E-state index in [1.54, 1.807) is 6.92 Å². The second-order valence-electron chi connectivity index (χ2n) is 5.68. The summed E-state index contributed by atoms with van der Waals surface area (Å²) in [6, 6.07) is 17.5. The van der Waals surface area contributed by atoms with Gasteiger partial charge in [-0.15, -0.1) is 0 Å². The summed E-state index contributed by atoms with van der Waals surface area (Å²) in [5.41, 5.74) is 8.24. The molecule has 0 aromatic heterocycles. The van der Waals surface area contributed by atoms with Gasteiger partial charge in [-0.25, -0.2) is 0 Å². The van der Waals surface area contributed by atoms with Crippen LogP contribution in [0.3, 0.4) is 0 Å². The van der Waals surface area contributed by atoms with Crippen molar-refractivity contribution >= 4 is 5.91 Å². The van der Waals surface area contributed by atoms with Crippen molar-refractivity contribution in [2.75, 3.05) is 0 Å². The molecule has 0 saturated heterocycles. The minimum absolute atomic E-state index is 0.0796. The number of rotatable bonds is 4. The lowest BCUT2D eigenvalue weighted by molar-refractivity contribution is -0.126. The maximum absolute atomic E-state index is 12.5. The van der Waals surface area contributed by atoms with Crippen molar-refractivity contribution < 1.29 is 4.79 Å². The van der Waals surface area contributed by atoms with Gasteiger partial charge in [-0.2, -0.15) is 0 Å². The summed E-state index contributed by atoms with van der Waals surface area (Å²) in [6.07, 6.45) is 0. The van der Waals surface area contributed by atoms with Crippen LogP contribution in [-0.4, -0.2) is 5.91 Å². The molecule has 21 heavy (non-hydrogen) atoms. The molecule has 0 radical (unpaired) electrons. The summed E-state index contributed by atoms with van der Waals surface area (Å²) in [7, 11) is 0. The molecule has 0 fully saturated rings. The first kappa shape index (κ1) is 15.3. The van der Waals surface area contributed by atoms with Crippen LogP contribution in [-0.2, 0) is 10.3 Å². The Morgan fingerprint density at radius 1 is 1.14 bits per heavy atom. The van der Waals surface area contributed by atoms with E-state index in [4.69, 9.17) is 5.73 Å². The fraction of sp³-hybridized carbons (Fsp3) is 0.278. The van der Waals surface area contributed by atoms with Gasteiger partial charge in [0.25, 0.3) is 0 Å². The van der Waals surface area contributed by atoms with Crippen molar-refractivity contribution in [3.05, 3.63) is 71.3 Å². The molecule has 3 nitrogen and oxygen atoms in total. The smallest absolute Gasteiger partial charge is 0.244 e. The van der Waals surface area contributed by atoms with Crippen LogP contribution in [0.4, 0.5) is 0 Å². The quantitative estimate of drug-likeness (QED) is 0.905. The summed E-state index contributed by atoms with van der Waals surface area (Å²) in [5, 5.41) is 3.00. The van der Waals surface area contributed by atoms with Crippen LogP contribution in [0.25, 0.3) is 0 Å². The Balaban J connectivity index is 2.14. The zero-order valence-corrected chi connectivity index (χ0v) is 12.8. The van der Waals surface area contributed by atoms with E-state index < -0.39 is 5.54 Å². The molecule has 1 amide bonds. The summed E-state index contributed by atoms with van der Waals surface area (Å²) in [6.45, 7) is 5.74. The predicted molar refractivity (Wildman–Crippen MR) is 85.7 cm³/mol. The fourth-order valence-electron chi connectivity index (χ4n) is 2.28. The normalized spacial score (nSPS) is 15.0.